The molecule has 8 heteroatoms. The van der Waals surface area contributed by atoms with Crippen LogP contribution in [0.4, 0.5) is 0 Å². The third kappa shape index (κ3) is 7.61. The van der Waals surface area contributed by atoms with E-state index >= 15 is 0 Å². The van der Waals surface area contributed by atoms with Crippen LogP contribution in [0, 0.1) is 19.8 Å². The van der Waals surface area contributed by atoms with E-state index in [0.29, 0.717) is 12.0 Å². The summed E-state index contributed by atoms with van der Waals surface area (Å²) >= 11 is 2.00. The molecule has 2 N–H and O–H groups in total. The van der Waals surface area contributed by atoms with E-state index in [2.05, 4.69) is 33.7 Å². The molecule has 2 heterocycles. The summed E-state index contributed by atoms with van der Waals surface area (Å²) < 4.78 is 5.74. The Morgan fingerprint density at radius 3 is 2.59 bits per heavy atom. The van der Waals surface area contributed by atoms with Gasteiger partial charge in [0.1, 0.15) is 5.76 Å². The number of aromatic nitrogens is 1. The highest BCUT2D eigenvalue weighted by molar-refractivity contribution is 14.0. The highest BCUT2D eigenvalue weighted by Gasteiger charge is 2.25. The summed E-state index contributed by atoms with van der Waals surface area (Å²) in [5, 5.41) is 7.90. The van der Waals surface area contributed by atoms with Gasteiger partial charge in [0.2, 0.25) is 5.89 Å². The molecule has 6 nitrogen and oxygen atoms in total. The van der Waals surface area contributed by atoms with Crippen LogP contribution in [0.1, 0.15) is 56.4 Å². The van der Waals surface area contributed by atoms with Gasteiger partial charge in [0, 0.05) is 24.4 Å². The molecular weight excluding hydrogens is 497 g/mol. The highest BCUT2D eigenvalue weighted by Crippen LogP contribution is 2.28. The standard InChI is InChI=1S/C21H37N5OS.HI/c1-5-22-21(25-18-6-7-19(12-18)28-4)23-13-17-8-10-26(11-9-17)14-20-24-15(2)16(3)27-20;/h17-19H,5-14H2,1-4H3,(H2,22,23,25);1H. The summed E-state index contributed by atoms with van der Waals surface area (Å²) in [5.74, 6) is 3.46. The van der Waals surface area contributed by atoms with Gasteiger partial charge < -0.3 is 15.1 Å². The van der Waals surface area contributed by atoms with Crippen molar-refractivity contribution in [3.05, 3.63) is 17.3 Å². The third-order valence-electron chi connectivity index (χ3n) is 6.05. The van der Waals surface area contributed by atoms with Crippen LogP contribution in [-0.2, 0) is 6.54 Å². The molecule has 0 bridgehead atoms. The molecule has 0 radical (unpaired) electrons. The van der Waals surface area contributed by atoms with Crippen LogP contribution in [-0.4, -0.2) is 59.6 Å². The number of nitrogens with zero attached hydrogens (tertiary/aromatic N) is 3. The molecule has 0 spiro atoms. The average Bonchev–Trinajstić information content (AvgIpc) is 3.27. The van der Waals surface area contributed by atoms with Crippen LogP contribution in [0.3, 0.4) is 0 Å². The largest absolute Gasteiger partial charge is 0.444 e. The van der Waals surface area contributed by atoms with Crippen molar-refractivity contribution in [2.75, 3.05) is 32.4 Å². The maximum atomic E-state index is 5.74. The number of hydrogen-bond donors (Lipinski definition) is 2. The van der Waals surface area contributed by atoms with E-state index in [1.165, 1.54) is 32.1 Å². The van der Waals surface area contributed by atoms with Crippen LogP contribution in [0.25, 0.3) is 0 Å². The summed E-state index contributed by atoms with van der Waals surface area (Å²) in [4.78, 5) is 11.9. The van der Waals surface area contributed by atoms with E-state index in [1.54, 1.807) is 0 Å². The summed E-state index contributed by atoms with van der Waals surface area (Å²) in [7, 11) is 0. The third-order valence-corrected chi connectivity index (χ3v) is 7.14. The number of piperidine rings is 1. The zero-order valence-electron chi connectivity index (χ0n) is 18.4. The Balaban J connectivity index is 0.00000300. The van der Waals surface area contributed by atoms with Crippen LogP contribution in [0.2, 0.25) is 0 Å². The molecule has 1 saturated carbocycles. The van der Waals surface area contributed by atoms with Gasteiger partial charge in [-0.3, -0.25) is 9.89 Å². The number of oxazole rings is 1. The lowest BCUT2D eigenvalue weighted by atomic mass is 9.97. The van der Waals surface area contributed by atoms with Crippen molar-refractivity contribution in [1.82, 2.24) is 20.5 Å². The molecule has 1 aromatic rings. The Morgan fingerprint density at radius 1 is 1.24 bits per heavy atom. The molecule has 1 aliphatic carbocycles. The molecule has 166 valence electrons. The van der Waals surface area contributed by atoms with Crippen LogP contribution < -0.4 is 10.6 Å². The van der Waals surface area contributed by atoms with Gasteiger partial charge in [0.25, 0.3) is 0 Å². The number of likely N-dealkylation sites (tertiary alicyclic amines) is 1. The minimum Gasteiger partial charge on any atom is -0.444 e. The van der Waals surface area contributed by atoms with Gasteiger partial charge in [-0.15, -0.1) is 24.0 Å². The van der Waals surface area contributed by atoms with Crippen LogP contribution >= 0.6 is 35.7 Å². The molecule has 2 aliphatic rings. The van der Waals surface area contributed by atoms with Gasteiger partial charge in [-0.05, 0) is 78.1 Å². The monoisotopic (exact) mass is 535 g/mol. The predicted octanol–water partition coefficient (Wildman–Crippen LogP) is 3.96. The first-order valence-electron chi connectivity index (χ1n) is 10.8. The first kappa shape index (κ1) is 24.8. The number of rotatable bonds is 7. The van der Waals surface area contributed by atoms with Gasteiger partial charge in [0.15, 0.2) is 5.96 Å². The van der Waals surface area contributed by atoms with Crippen molar-refractivity contribution >= 4 is 41.7 Å². The lowest BCUT2D eigenvalue weighted by Crippen LogP contribution is -2.43. The first-order valence-corrected chi connectivity index (χ1v) is 12.1. The van der Waals surface area contributed by atoms with Crippen molar-refractivity contribution in [3.63, 3.8) is 0 Å². The van der Waals surface area contributed by atoms with Gasteiger partial charge in [-0.25, -0.2) is 4.98 Å². The van der Waals surface area contributed by atoms with Gasteiger partial charge in [-0.1, -0.05) is 0 Å². The molecule has 0 aromatic carbocycles. The highest BCUT2D eigenvalue weighted by atomic mass is 127. The number of hydrogen-bond acceptors (Lipinski definition) is 5. The Bertz CT molecular complexity index is 626. The molecule has 3 rings (SSSR count). The summed E-state index contributed by atoms with van der Waals surface area (Å²) in [5.41, 5.74) is 1.01. The van der Waals surface area contributed by atoms with Gasteiger partial charge in [-0.2, -0.15) is 11.8 Å². The quantitative estimate of drug-likeness (QED) is 0.313. The number of aryl methyl sites for hydroxylation is 2. The molecule has 0 amide bonds. The second-order valence-electron chi connectivity index (χ2n) is 8.20. The van der Waals surface area contributed by atoms with E-state index in [0.717, 1.165) is 61.3 Å². The number of halogens is 1. The minimum atomic E-state index is 0. The summed E-state index contributed by atoms with van der Waals surface area (Å²) in [6.45, 7) is 11.0. The SMILES string of the molecule is CCNC(=NCC1CCN(Cc2nc(C)c(C)o2)CC1)NC1CCC(SC)C1.I. The number of nitrogens with one attached hydrogen (secondary N) is 2. The van der Waals surface area contributed by atoms with Crippen LogP contribution in [0.5, 0.6) is 0 Å². The Hall–Kier alpha value is -0.480. The fourth-order valence-electron chi connectivity index (χ4n) is 4.14. The number of aliphatic imine (C=N–C) groups is 1. The molecule has 1 aromatic heterocycles. The number of guanidine groups is 1. The van der Waals surface area contributed by atoms with E-state index in [9.17, 15) is 0 Å². The minimum absolute atomic E-state index is 0. The zero-order valence-corrected chi connectivity index (χ0v) is 21.5. The predicted molar refractivity (Wildman–Crippen MR) is 133 cm³/mol. The topological polar surface area (TPSA) is 65.7 Å². The molecule has 1 aliphatic heterocycles. The normalized spacial score (nSPS) is 23.8. The Kier molecular flexibility index (Phi) is 10.6. The van der Waals surface area contributed by atoms with Gasteiger partial charge in [0.05, 0.1) is 12.2 Å². The Labute approximate surface area is 197 Å². The lowest BCUT2D eigenvalue weighted by molar-refractivity contribution is 0.166. The van der Waals surface area contributed by atoms with E-state index in [-0.39, 0.29) is 24.0 Å². The van der Waals surface area contributed by atoms with Crippen molar-refractivity contribution in [2.45, 2.75) is 70.7 Å². The maximum absolute atomic E-state index is 5.74. The van der Waals surface area contributed by atoms with Crippen molar-refractivity contribution < 1.29 is 4.42 Å². The smallest absolute Gasteiger partial charge is 0.208 e. The molecular formula is C21H38IN5OS. The van der Waals surface area contributed by atoms with E-state index in [1.807, 2.05) is 25.6 Å². The molecule has 2 atom stereocenters. The average molecular weight is 536 g/mol. The first-order chi connectivity index (χ1) is 13.6. The summed E-state index contributed by atoms with van der Waals surface area (Å²) in [6, 6.07) is 0.574. The fourth-order valence-corrected chi connectivity index (χ4v) is 4.94. The second-order valence-corrected chi connectivity index (χ2v) is 9.34. The maximum Gasteiger partial charge on any atom is 0.208 e. The van der Waals surface area contributed by atoms with Crippen LogP contribution in [0.15, 0.2) is 9.41 Å². The molecule has 29 heavy (non-hydrogen) atoms. The second kappa shape index (κ2) is 12.4. The van der Waals surface area contributed by atoms with Crippen molar-refractivity contribution in [2.24, 2.45) is 10.9 Å². The summed E-state index contributed by atoms with van der Waals surface area (Å²) in [6.07, 6.45) is 8.44. The molecule has 2 fully saturated rings. The zero-order chi connectivity index (χ0) is 19.9. The fraction of sp³-hybridized carbons (Fsp3) is 0.810. The molecule has 1 saturated heterocycles. The lowest BCUT2D eigenvalue weighted by Gasteiger charge is -2.30. The Morgan fingerprint density at radius 2 is 2.00 bits per heavy atom. The van der Waals surface area contributed by atoms with Crippen molar-refractivity contribution in [1.29, 1.82) is 0 Å². The number of thioether (sulfide) groups is 1. The van der Waals surface area contributed by atoms with E-state index < -0.39 is 0 Å². The van der Waals surface area contributed by atoms with Gasteiger partial charge >= 0.3 is 0 Å². The molecule has 2 unspecified atom stereocenters. The van der Waals surface area contributed by atoms with Crippen molar-refractivity contribution in [3.8, 4) is 0 Å². The van der Waals surface area contributed by atoms with E-state index in [4.69, 9.17) is 9.41 Å².